The van der Waals surface area contributed by atoms with Gasteiger partial charge in [-0.2, -0.15) is 0 Å². The molecule has 0 aliphatic carbocycles. The van der Waals surface area contributed by atoms with Gasteiger partial charge in [0.05, 0.1) is 6.10 Å². The van der Waals surface area contributed by atoms with E-state index < -0.39 is 0 Å². The number of halogens is 1. The molecular formula is C17H27ClN2O2. The van der Waals surface area contributed by atoms with Gasteiger partial charge < -0.3 is 15.4 Å². The standard InChI is InChI=1S/C17H26N2O2.ClH/c1-12(2)21-16-7-5-4-6-15(16)11-19-17(20)14-8-9-18-13(3)10-14;/h4-7,12-14,18H,8-11H2,1-3H3,(H,19,20);1H/t13-,14-;/m0./s1. The van der Waals surface area contributed by atoms with E-state index in [2.05, 4.69) is 17.6 Å². The zero-order chi connectivity index (χ0) is 15.2. The van der Waals surface area contributed by atoms with Crippen LogP contribution in [-0.2, 0) is 11.3 Å². The molecule has 5 heteroatoms. The average Bonchev–Trinajstić information content (AvgIpc) is 2.45. The van der Waals surface area contributed by atoms with Gasteiger partial charge >= 0.3 is 0 Å². The molecule has 1 heterocycles. The fourth-order valence-electron chi connectivity index (χ4n) is 2.72. The average molecular weight is 327 g/mol. The number of piperidine rings is 1. The first-order chi connectivity index (χ1) is 10.1. The van der Waals surface area contributed by atoms with Crippen LogP contribution in [0.3, 0.4) is 0 Å². The smallest absolute Gasteiger partial charge is 0.223 e. The van der Waals surface area contributed by atoms with Crippen LogP contribution in [-0.4, -0.2) is 24.6 Å². The highest BCUT2D eigenvalue weighted by Crippen LogP contribution is 2.20. The van der Waals surface area contributed by atoms with Crippen LogP contribution in [0.4, 0.5) is 0 Å². The normalized spacial score (nSPS) is 21.1. The van der Waals surface area contributed by atoms with E-state index in [0.29, 0.717) is 12.6 Å². The van der Waals surface area contributed by atoms with Gasteiger partial charge in [-0.25, -0.2) is 0 Å². The lowest BCUT2D eigenvalue weighted by molar-refractivity contribution is -0.126. The van der Waals surface area contributed by atoms with E-state index in [0.717, 1.165) is 30.7 Å². The van der Waals surface area contributed by atoms with Crippen LogP contribution in [0.1, 0.15) is 39.2 Å². The number of hydrogen-bond donors (Lipinski definition) is 2. The van der Waals surface area contributed by atoms with E-state index in [-0.39, 0.29) is 30.3 Å². The summed E-state index contributed by atoms with van der Waals surface area (Å²) in [6.45, 7) is 7.59. The van der Waals surface area contributed by atoms with Crippen molar-refractivity contribution in [1.82, 2.24) is 10.6 Å². The highest BCUT2D eigenvalue weighted by molar-refractivity contribution is 5.85. The van der Waals surface area contributed by atoms with Crippen LogP contribution in [0.25, 0.3) is 0 Å². The summed E-state index contributed by atoms with van der Waals surface area (Å²) >= 11 is 0. The molecule has 1 aliphatic rings. The third kappa shape index (κ3) is 5.50. The maximum atomic E-state index is 12.3. The maximum Gasteiger partial charge on any atom is 0.223 e. The van der Waals surface area contributed by atoms with Gasteiger partial charge in [-0.05, 0) is 46.2 Å². The molecule has 2 rings (SSSR count). The number of hydrogen-bond acceptors (Lipinski definition) is 3. The van der Waals surface area contributed by atoms with Gasteiger partial charge in [-0.3, -0.25) is 4.79 Å². The van der Waals surface area contributed by atoms with Crippen LogP contribution in [0, 0.1) is 5.92 Å². The third-order valence-corrected chi connectivity index (χ3v) is 3.78. The van der Waals surface area contributed by atoms with E-state index in [1.165, 1.54) is 0 Å². The molecule has 0 spiro atoms. The number of nitrogens with one attached hydrogen (secondary N) is 2. The quantitative estimate of drug-likeness (QED) is 0.874. The van der Waals surface area contributed by atoms with Crippen LogP contribution in [0.5, 0.6) is 5.75 Å². The predicted octanol–water partition coefficient (Wildman–Crippen LogP) is 2.90. The monoisotopic (exact) mass is 326 g/mol. The highest BCUT2D eigenvalue weighted by atomic mass is 35.5. The lowest BCUT2D eigenvalue weighted by Gasteiger charge is -2.27. The van der Waals surface area contributed by atoms with Gasteiger partial charge in [0.2, 0.25) is 5.91 Å². The van der Waals surface area contributed by atoms with Crippen molar-refractivity contribution < 1.29 is 9.53 Å². The molecule has 0 saturated carbocycles. The molecule has 0 aromatic heterocycles. The number of ether oxygens (including phenoxy) is 1. The van der Waals surface area contributed by atoms with Crippen molar-refractivity contribution in [2.45, 2.75) is 52.3 Å². The zero-order valence-corrected chi connectivity index (χ0v) is 14.4. The first kappa shape index (κ1) is 18.8. The maximum absolute atomic E-state index is 12.3. The SMILES string of the molecule is CC(C)Oc1ccccc1CNC(=O)[C@H]1CCN[C@@H](C)C1.Cl. The van der Waals surface area contributed by atoms with E-state index in [9.17, 15) is 4.79 Å². The molecule has 1 fully saturated rings. The second-order valence-electron chi connectivity index (χ2n) is 6.07. The summed E-state index contributed by atoms with van der Waals surface area (Å²) in [5.74, 6) is 1.13. The van der Waals surface area contributed by atoms with Crippen molar-refractivity contribution in [3.05, 3.63) is 29.8 Å². The van der Waals surface area contributed by atoms with E-state index >= 15 is 0 Å². The summed E-state index contributed by atoms with van der Waals surface area (Å²) in [5.41, 5.74) is 1.03. The topological polar surface area (TPSA) is 50.4 Å². The van der Waals surface area contributed by atoms with E-state index in [1.807, 2.05) is 38.1 Å². The molecule has 1 amide bonds. The lowest BCUT2D eigenvalue weighted by Crippen LogP contribution is -2.42. The van der Waals surface area contributed by atoms with Crippen molar-refractivity contribution in [2.24, 2.45) is 5.92 Å². The first-order valence-corrected chi connectivity index (χ1v) is 7.82. The Labute approximate surface area is 139 Å². The molecular weight excluding hydrogens is 300 g/mol. The molecule has 0 unspecified atom stereocenters. The molecule has 1 aromatic carbocycles. The number of para-hydroxylation sites is 1. The third-order valence-electron chi connectivity index (χ3n) is 3.78. The van der Waals surface area contributed by atoms with Crippen molar-refractivity contribution in [1.29, 1.82) is 0 Å². The van der Waals surface area contributed by atoms with Gasteiger partial charge in [0.25, 0.3) is 0 Å². The number of rotatable bonds is 5. The van der Waals surface area contributed by atoms with Crippen molar-refractivity contribution >= 4 is 18.3 Å². The van der Waals surface area contributed by atoms with E-state index in [4.69, 9.17) is 4.74 Å². The highest BCUT2D eigenvalue weighted by Gasteiger charge is 2.24. The Morgan fingerprint density at radius 1 is 1.41 bits per heavy atom. The van der Waals surface area contributed by atoms with Crippen molar-refractivity contribution in [3.63, 3.8) is 0 Å². The van der Waals surface area contributed by atoms with Crippen molar-refractivity contribution in [3.8, 4) is 5.75 Å². The first-order valence-electron chi connectivity index (χ1n) is 7.82. The van der Waals surface area contributed by atoms with Crippen LogP contribution >= 0.6 is 12.4 Å². The molecule has 2 atom stereocenters. The van der Waals surface area contributed by atoms with Crippen LogP contribution < -0.4 is 15.4 Å². The number of carbonyl (C=O) groups excluding carboxylic acids is 1. The Balaban J connectivity index is 0.00000242. The Kier molecular flexibility index (Phi) is 7.69. The molecule has 124 valence electrons. The van der Waals surface area contributed by atoms with Gasteiger partial charge in [0, 0.05) is 24.1 Å². The number of benzene rings is 1. The second kappa shape index (κ2) is 9.01. The number of carbonyl (C=O) groups is 1. The Morgan fingerprint density at radius 2 is 2.14 bits per heavy atom. The second-order valence-corrected chi connectivity index (χ2v) is 6.07. The van der Waals surface area contributed by atoms with Crippen LogP contribution in [0.15, 0.2) is 24.3 Å². The molecule has 2 N–H and O–H groups in total. The Hall–Kier alpha value is -1.26. The molecule has 1 saturated heterocycles. The van der Waals surface area contributed by atoms with Gasteiger partial charge in [0.1, 0.15) is 5.75 Å². The molecule has 0 bridgehead atoms. The summed E-state index contributed by atoms with van der Waals surface area (Å²) in [7, 11) is 0. The van der Waals surface area contributed by atoms with Gasteiger partial charge in [-0.15, -0.1) is 12.4 Å². The minimum absolute atomic E-state index is 0. The number of amides is 1. The molecule has 22 heavy (non-hydrogen) atoms. The predicted molar refractivity (Wildman–Crippen MR) is 91.5 cm³/mol. The zero-order valence-electron chi connectivity index (χ0n) is 13.6. The Morgan fingerprint density at radius 3 is 2.82 bits per heavy atom. The summed E-state index contributed by atoms with van der Waals surface area (Å²) in [4.78, 5) is 12.3. The fourth-order valence-corrected chi connectivity index (χ4v) is 2.72. The summed E-state index contributed by atoms with van der Waals surface area (Å²) in [6.07, 6.45) is 1.96. The lowest BCUT2D eigenvalue weighted by atomic mass is 9.92. The van der Waals surface area contributed by atoms with Crippen LogP contribution in [0.2, 0.25) is 0 Å². The molecule has 1 aromatic rings. The molecule has 4 nitrogen and oxygen atoms in total. The minimum atomic E-state index is 0. The minimum Gasteiger partial charge on any atom is -0.491 e. The molecule has 1 aliphatic heterocycles. The molecule has 0 radical (unpaired) electrons. The summed E-state index contributed by atoms with van der Waals surface area (Å²) in [6, 6.07) is 8.31. The Bertz CT molecular complexity index is 479. The van der Waals surface area contributed by atoms with Gasteiger partial charge in [-0.1, -0.05) is 18.2 Å². The summed E-state index contributed by atoms with van der Waals surface area (Å²) in [5, 5.41) is 6.43. The van der Waals surface area contributed by atoms with Gasteiger partial charge in [0.15, 0.2) is 0 Å². The van der Waals surface area contributed by atoms with Crippen molar-refractivity contribution in [2.75, 3.05) is 6.54 Å². The fraction of sp³-hybridized carbons (Fsp3) is 0.588. The largest absolute Gasteiger partial charge is 0.491 e. The van der Waals surface area contributed by atoms with E-state index in [1.54, 1.807) is 0 Å². The summed E-state index contributed by atoms with van der Waals surface area (Å²) < 4.78 is 5.78.